The summed E-state index contributed by atoms with van der Waals surface area (Å²) in [5, 5.41) is 0. The number of ether oxygens (including phenoxy) is 3. The van der Waals surface area contributed by atoms with Crippen LogP contribution in [0.5, 0.6) is 5.75 Å². The van der Waals surface area contributed by atoms with E-state index in [1.54, 1.807) is 0 Å². The average Bonchev–Trinajstić information content (AvgIpc) is 2.86. The second kappa shape index (κ2) is 13.2. The Morgan fingerprint density at radius 1 is 0.788 bits per heavy atom. The van der Waals surface area contributed by atoms with Crippen molar-refractivity contribution in [2.24, 2.45) is 11.8 Å². The number of esters is 3. The molecule has 2 aliphatic carbocycles. The number of carbonyl (C=O) groups is 3. The number of rotatable bonds is 10. The van der Waals surface area contributed by atoms with E-state index in [0.717, 1.165) is 6.08 Å². The van der Waals surface area contributed by atoms with Gasteiger partial charge in [0.05, 0.1) is 25.0 Å². The molecule has 33 heavy (non-hydrogen) atoms. The molecule has 0 heterocycles. The summed E-state index contributed by atoms with van der Waals surface area (Å²) in [4.78, 5) is 35.8. The molecule has 6 heteroatoms. The molecular weight excluding hydrogens is 420 g/mol. The third-order valence-electron chi connectivity index (χ3n) is 6.76. The summed E-state index contributed by atoms with van der Waals surface area (Å²) in [6, 6.07) is 8.00. The van der Waals surface area contributed by atoms with Crippen LogP contribution in [-0.4, -0.2) is 31.1 Å². The quantitative estimate of drug-likeness (QED) is 0.200. The van der Waals surface area contributed by atoms with Crippen molar-refractivity contribution >= 4 is 17.9 Å². The van der Waals surface area contributed by atoms with Crippen molar-refractivity contribution < 1.29 is 28.6 Å². The molecule has 2 saturated carbocycles. The van der Waals surface area contributed by atoms with Gasteiger partial charge in [0.2, 0.25) is 0 Å². The Labute approximate surface area is 196 Å². The van der Waals surface area contributed by atoms with Gasteiger partial charge < -0.3 is 14.2 Å². The first-order valence-corrected chi connectivity index (χ1v) is 12.3. The van der Waals surface area contributed by atoms with Crippen molar-refractivity contribution in [3.05, 3.63) is 42.5 Å². The summed E-state index contributed by atoms with van der Waals surface area (Å²) in [6.45, 7) is 3.93. The lowest BCUT2D eigenvalue weighted by atomic mass is 9.82. The van der Waals surface area contributed by atoms with Gasteiger partial charge in [-0.25, -0.2) is 4.79 Å². The maximum Gasteiger partial charge on any atom is 0.330 e. The minimum Gasteiger partial charge on any atom is -0.465 e. The summed E-state index contributed by atoms with van der Waals surface area (Å²) in [5.41, 5.74) is 1.34. The average molecular weight is 457 g/mol. The molecule has 0 amide bonds. The fourth-order valence-electron chi connectivity index (χ4n) is 4.73. The van der Waals surface area contributed by atoms with Gasteiger partial charge in [0.1, 0.15) is 5.75 Å². The summed E-state index contributed by atoms with van der Waals surface area (Å²) in [5.74, 6) is 0.0329. The van der Waals surface area contributed by atoms with Gasteiger partial charge in [0, 0.05) is 6.08 Å². The highest BCUT2D eigenvalue weighted by atomic mass is 16.5. The molecule has 1 aromatic carbocycles. The minimum absolute atomic E-state index is 0.164. The molecule has 0 radical (unpaired) electrons. The Morgan fingerprint density at radius 3 is 1.97 bits per heavy atom. The lowest BCUT2D eigenvalue weighted by molar-refractivity contribution is -0.152. The van der Waals surface area contributed by atoms with Crippen LogP contribution in [0.3, 0.4) is 0 Å². The lowest BCUT2D eigenvalue weighted by Gasteiger charge is -2.26. The van der Waals surface area contributed by atoms with Crippen LogP contribution in [0, 0.1) is 11.8 Å². The van der Waals surface area contributed by atoms with Crippen LogP contribution in [0.25, 0.3) is 0 Å². The lowest BCUT2D eigenvalue weighted by Crippen LogP contribution is -2.29. The standard InChI is InChI=1S/C27H36O6/c1-2-25(28)31-18-6-7-19-32-26(29)22-10-12-23(13-11-22)27(30)33-24-16-14-21(15-17-24)20-8-4-3-5-9-20/h2,14-17,20,22-23H,1,3-13,18-19H2. The molecule has 0 unspecified atom stereocenters. The highest BCUT2D eigenvalue weighted by molar-refractivity contribution is 5.81. The summed E-state index contributed by atoms with van der Waals surface area (Å²) in [7, 11) is 0. The predicted octanol–water partition coefficient (Wildman–Crippen LogP) is 5.50. The van der Waals surface area contributed by atoms with Crippen LogP contribution in [0.1, 0.15) is 82.1 Å². The number of hydrogen-bond donors (Lipinski definition) is 0. The maximum atomic E-state index is 12.6. The van der Waals surface area contributed by atoms with E-state index >= 15 is 0 Å². The SMILES string of the molecule is C=CC(=O)OCCCCOC(=O)C1CCC(C(=O)Oc2ccc(C3CCCCC3)cc2)CC1. The second-order valence-corrected chi connectivity index (χ2v) is 9.12. The summed E-state index contributed by atoms with van der Waals surface area (Å²) in [6.07, 6.45) is 11.4. The maximum absolute atomic E-state index is 12.6. The van der Waals surface area contributed by atoms with Crippen molar-refractivity contribution in [2.75, 3.05) is 13.2 Å². The minimum atomic E-state index is -0.446. The first-order valence-electron chi connectivity index (χ1n) is 12.3. The molecule has 2 fully saturated rings. The Hall–Kier alpha value is -2.63. The zero-order valence-electron chi connectivity index (χ0n) is 19.5. The van der Waals surface area contributed by atoms with Gasteiger partial charge in [0.25, 0.3) is 0 Å². The van der Waals surface area contributed by atoms with Crippen LogP contribution < -0.4 is 4.74 Å². The van der Waals surface area contributed by atoms with Crippen LogP contribution in [0.4, 0.5) is 0 Å². The molecule has 180 valence electrons. The topological polar surface area (TPSA) is 78.9 Å². The van der Waals surface area contributed by atoms with Gasteiger partial charge >= 0.3 is 17.9 Å². The molecule has 0 atom stereocenters. The number of unbranched alkanes of at least 4 members (excludes halogenated alkanes) is 1. The van der Waals surface area contributed by atoms with Gasteiger partial charge in [-0.2, -0.15) is 0 Å². The van der Waals surface area contributed by atoms with Gasteiger partial charge in [0.15, 0.2) is 0 Å². The summed E-state index contributed by atoms with van der Waals surface area (Å²) >= 11 is 0. The second-order valence-electron chi connectivity index (χ2n) is 9.12. The number of benzene rings is 1. The van der Waals surface area contributed by atoms with Crippen LogP contribution in [0.2, 0.25) is 0 Å². The van der Waals surface area contributed by atoms with E-state index in [1.165, 1.54) is 37.7 Å². The monoisotopic (exact) mass is 456 g/mol. The van der Waals surface area contributed by atoms with Gasteiger partial charge in [-0.1, -0.05) is 38.0 Å². The van der Waals surface area contributed by atoms with E-state index in [0.29, 0.717) is 63.4 Å². The Morgan fingerprint density at radius 2 is 1.36 bits per heavy atom. The fourth-order valence-corrected chi connectivity index (χ4v) is 4.73. The van der Waals surface area contributed by atoms with E-state index in [1.807, 2.05) is 12.1 Å². The molecule has 0 N–H and O–H groups in total. The van der Waals surface area contributed by atoms with Gasteiger partial charge in [-0.3, -0.25) is 9.59 Å². The predicted molar refractivity (Wildman–Crippen MR) is 125 cm³/mol. The highest BCUT2D eigenvalue weighted by Crippen LogP contribution is 2.34. The molecule has 0 aliphatic heterocycles. The van der Waals surface area contributed by atoms with Crippen molar-refractivity contribution in [1.29, 1.82) is 0 Å². The van der Waals surface area contributed by atoms with Crippen LogP contribution in [-0.2, 0) is 23.9 Å². The zero-order chi connectivity index (χ0) is 23.5. The molecule has 2 aliphatic rings. The summed E-state index contributed by atoms with van der Waals surface area (Å²) < 4.78 is 15.9. The van der Waals surface area contributed by atoms with Crippen LogP contribution in [0.15, 0.2) is 36.9 Å². The highest BCUT2D eigenvalue weighted by Gasteiger charge is 2.32. The van der Waals surface area contributed by atoms with E-state index in [9.17, 15) is 14.4 Å². The van der Waals surface area contributed by atoms with Gasteiger partial charge in [-0.05, 0) is 75.0 Å². The van der Waals surface area contributed by atoms with Gasteiger partial charge in [-0.15, -0.1) is 0 Å². The first-order chi connectivity index (χ1) is 16.1. The van der Waals surface area contributed by atoms with Crippen molar-refractivity contribution in [2.45, 2.75) is 76.5 Å². The van der Waals surface area contributed by atoms with E-state index in [4.69, 9.17) is 14.2 Å². The molecule has 0 spiro atoms. The van der Waals surface area contributed by atoms with E-state index < -0.39 is 5.97 Å². The molecular formula is C27H36O6. The first kappa shape index (κ1) is 25.0. The molecule has 0 saturated heterocycles. The third-order valence-corrected chi connectivity index (χ3v) is 6.76. The molecule has 1 aromatic rings. The van der Waals surface area contributed by atoms with Crippen molar-refractivity contribution in [3.8, 4) is 5.75 Å². The Balaban J connectivity index is 1.32. The number of hydrogen-bond acceptors (Lipinski definition) is 6. The molecule has 0 aromatic heterocycles. The fraction of sp³-hybridized carbons (Fsp3) is 0.593. The smallest absolute Gasteiger partial charge is 0.330 e. The largest absolute Gasteiger partial charge is 0.465 e. The zero-order valence-corrected chi connectivity index (χ0v) is 19.5. The van der Waals surface area contributed by atoms with E-state index in [-0.39, 0.29) is 23.8 Å². The molecule has 3 rings (SSSR count). The van der Waals surface area contributed by atoms with Crippen molar-refractivity contribution in [3.63, 3.8) is 0 Å². The molecule has 6 nitrogen and oxygen atoms in total. The molecule has 0 bridgehead atoms. The Bertz CT molecular complexity index is 785. The normalized spacial score (nSPS) is 21.1. The number of carbonyl (C=O) groups excluding carboxylic acids is 3. The van der Waals surface area contributed by atoms with E-state index in [2.05, 4.69) is 18.7 Å². The Kier molecular flexibility index (Phi) is 9.98. The van der Waals surface area contributed by atoms with Crippen molar-refractivity contribution in [1.82, 2.24) is 0 Å². The third kappa shape index (κ3) is 8.02. The van der Waals surface area contributed by atoms with Crippen LogP contribution >= 0.6 is 0 Å².